The number of carbonyl (C=O) groups is 3. The van der Waals surface area contributed by atoms with E-state index in [0.29, 0.717) is 24.4 Å². The van der Waals surface area contributed by atoms with Crippen LogP contribution in [0.1, 0.15) is 42.7 Å². The van der Waals surface area contributed by atoms with Crippen LogP contribution in [0.25, 0.3) is 11.1 Å². The van der Waals surface area contributed by atoms with Gasteiger partial charge in [-0.25, -0.2) is 14.4 Å². The summed E-state index contributed by atoms with van der Waals surface area (Å²) in [5, 5.41) is 14.3. The number of amides is 2. The van der Waals surface area contributed by atoms with Crippen molar-refractivity contribution in [1.82, 2.24) is 10.6 Å². The van der Waals surface area contributed by atoms with Crippen LogP contribution in [-0.4, -0.2) is 49.1 Å². The van der Waals surface area contributed by atoms with Gasteiger partial charge >= 0.3 is 18.2 Å². The summed E-state index contributed by atoms with van der Waals surface area (Å²) in [6.45, 7) is 0.0544. The second-order valence-electron chi connectivity index (χ2n) is 9.76. The number of alkyl carbamates (subject to hydrolysis) is 2. The van der Waals surface area contributed by atoms with Crippen molar-refractivity contribution in [3.63, 3.8) is 0 Å². The molecule has 0 aromatic heterocycles. The van der Waals surface area contributed by atoms with E-state index in [9.17, 15) is 19.5 Å². The zero-order chi connectivity index (χ0) is 25.8. The SMILES string of the molecule is O=C(NC[C@@H](NC(=O)OCC1c2ccccc2-c2ccccc21)C(=O)O)OCC1[C@H]2CCC#CCC[C@@H]12. The van der Waals surface area contributed by atoms with E-state index in [4.69, 9.17) is 9.47 Å². The van der Waals surface area contributed by atoms with E-state index in [0.717, 1.165) is 47.9 Å². The number of hydrogen-bond acceptors (Lipinski definition) is 5. The first-order valence-electron chi connectivity index (χ1n) is 12.7. The largest absolute Gasteiger partial charge is 0.480 e. The third-order valence-corrected chi connectivity index (χ3v) is 7.63. The molecular weight excluding hydrogens is 472 g/mol. The van der Waals surface area contributed by atoms with Crippen LogP contribution in [0.2, 0.25) is 0 Å². The third kappa shape index (κ3) is 5.56. The van der Waals surface area contributed by atoms with E-state index in [1.165, 1.54) is 0 Å². The van der Waals surface area contributed by atoms with Crippen LogP contribution >= 0.6 is 0 Å². The molecule has 0 bridgehead atoms. The Morgan fingerprint density at radius 1 is 0.865 bits per heavy atom. The number of nitrogens with one attached hydrogen (secondary N) is 2. The molecular formula is C29H30N2O6. The molecule has 3 aliphatic carbocycles. The zero-order valence-electron chi connectivity index (χ0n) is 20.4. The molecule has 0 spiro atoms. The Balaban J connectivity index is 1.08. The van der Waals surface area contributed by atoms with Gasteiger partial charge in [0.1, 0.15) is 12.6 Å². The van der Waals surface area contributed by atoms with Gasteiger partial charge in [0.2, 0.25) is 0 Å². The molecule has 8 heteroatoms. The number of hydrogen-bond donors (Lipinski definition) is 3. The summed E-state index contributed by atoms with van der Waals surface area (Å²) in [6.07, 6.45) is 2.26. The third-order valence-electron chi connectivity index (χ3n) is 7.63. The summed E-state index contributed by atoms with van der Waals surface area (Å²) >= 11 is 0. The number of rotatable bonds is 8. The van der Waals surface area contributed by atoms with E-state index >= 15 is 0 Å². The minimum Gasteiger partial charge on any atom is -0.480 e. The molecule has 4 atom stereocenters. The highest BCUT2D eigenvalue weighted by Gasteiger charge is 2.49. The quantitative estimate of drug-likeness (QED) is 0.468. The molecule has 2 aromatic carbocycles. The van der Waals surface area contributed by atoms with Gasteiger partial charge in [-0.05, 0) is 52.8 Å². The van der Waals surface area contributed by atoms with Crippen molar-refractivity contribution in [1.29, 1.82) is 0 Å². The zero-order valence-corrected chi connectivity index (χ0v) is 20.4. The minimum absolute atomic E-state index is 0.0659. The molecule has 3 N–H and O–H groups in total. The molecule has 0 saturated heterocycles. The Morgan fingerprint density at radius 3 is 2.03 bits per heavy atom. The van der Waals surface area contributed by atoms with E-state index in [1.807, 2.05) is 48.5 Å². The second kappa shape index (κ2) is 11.0. The molecule has 1 fully saturated rings. The van der Waals surface area contributed by atoms with Crippen LogP contribution in [0.5, 0.6) is 0 Å². The molecule has 1 unspecified atom stereocenters. The van der Waals surface area contributed by atoms with E-state index < -0.39 is 24.2 Å². The number of aliphatic carboxylic acids is 1. The predicted octanol–water partition coefficient (Wildman–Crippen LogP) is 4.14. The number of carbonyl (C=O) groups excluding carboxylic acids is 2. The average Bonchev–Trinajstić information content (AvgIpc) is 3.42. The van der Waals surface area contributed by atoms with Gasteiger partial charge in [-0.3, -0.25) is 0 Å². The van der Waals surface area contributed by atoms with Gasteiger partial charge in [-0.2, -0.15) is 0 Å². The van der Waals surface area contributed by atoms with Crippen molar-refractivity contribution < 1.29 is 29.0 Å². The van der Waals surface area contributed by atoms with Crippen LogP contribution in [0.4, 0.5) is 9.59 Å². The molecule has 37 heavy (non-hydrogen) atoms. The first-order valence-corrected chi connectivity index (χ1v) is 12.7. The lowest BCUT2D eigenvalue weighted by Gasteiger charge is -2.18. The maximum atomic E-state index is 12.5. The standard InChI is InChI=1S/C29H30N2O6/c32-27(33)26(15-30-28(34)36-16-24-22-9-3-1-2-4-10-23(22)24)31-29(35)37-17-25-20-13-7-5-11-18(20)19-12-6-8-14-21(19)25/h5-8,11-14,22-26H,3-4,9-10,15-17H2,(H,30,34)(H,31,35)(H,32,33)/t22-,23+,24?,26-/m1/s1. The van der Waals surface area contributed by atoms with Crippen LogP contribution < -0.4 is 10.6 Å². The first-order chi connectivity index (χ1) is 18.0. The fourth-order valence-corrected chi connectivity index (χ4v) is 5.67. The number of benzene rings is 2. The highest BCUT2D eigenvalue weighted by molar-refractivity contribution is 5.81. The van der Waals surface area contributed by atoms with Gasteiger partial charge in [0.25, 0.3) is 0 Å². The fourth-order valence-electron chi connectivity index (χ4n) is 5.67. The summed E-state index contributed by atoms with van der Waals surface area (Å²) in [4.78, 5) is 36.3. The van der Waals surface area contributed by atoms with E-state index in [2.05, 4.69) is 22.5 Å². The van der Waals surface area contributed by atoms with E-state index in [1.54, 1.807) is 0 Å². The molecule has 192 valence electrons. The molecule has 5 rings (SSSR count). The maximum absolute atomic E-state index is 12.5. The number of fused-ring (bicyclic) bond motifs is 4. The highest BCUT2D eigenvalue weighted by Crippen LogP contribution is 2.52. The fraction of sp³-hybridized carbons (Fsp3) is 0.414. The lowest BCUT2D eigenvalue weighted by Crippen LogP contribution is -2.48. The molecule has 8 nitrogen and oxygen atoms in total. The molecule has 0 radical (unpaired) electrons. The van der Waals surface area contributed by atoms with Gasteiger partial charge < -0.3 is 25.2 Å². The van der Waals surface area contributed by atoms with Gasteiger partial charge in [0.05, 0.1) is 13.2 Å². The van der Waals surface area contributed by atoms with Crippen LogP contribution in [-0.2, 0) is 14.3 Å². The first kappa shape index (κ1) is 24.7. The second-order valence-corrected chi connectivity index (χ2v) is 9.76. The lowest BCUT2D eigenvalue weighted by atomic mass is 9.98. The van der Waals surface area contributed by atoms with Crippen molar-refractivity contribution in [3.8, 4) is 23.0 Å². The molecule has 2 amide bonds. The Kier molecular flexibility index (Phi) is 7.31. The summed E-state index contributed by atoms with van der Waals surface area (Å²) in [5.41, 5.74) is 4.32. The van der Waals surface area contributed by atoms with Crippen LogP contribution in [0, 0.1) is 29.6 Å². The molecule has 3 aliphatic rings. The van der Waals surface area contributed by atoms with Crippen molar-refractivity contribution >= 4 is 18.2 Å². The summed E-state index contributed by atoms with van der Waals surface area (Å²) in [6, 6.07) is 14.5. The Bertz CT molecular complexity index is 1180. The summed E-state index contributed by atoms with van der Waals surface area (Å²) in [7, 11) is 0. The maximum Gasteiger partial charge on any atom is 0.407 e. The number of ether oxygens (including phenoxy) is 2. The van der Waals surface area contributed by atoms with Crippen molar-refractivity contribution in [2.45, 2.75) is 37.6 Å². The number of carboxylic acid groups (broad SMARTS) is 1. The highest BCUT2D eigenvalue weighted by atomic mass is 16.6. The van der Waals surface area contributed by atoms with Gasteiger partial charge in [-0.1, -0.05) is 48.5 Å². The molecule has 2 aromatic rings. The summed E-state index contributed by atoms with van der Waals surface area (Å²) in [5.74, 6) is 6.31. The summed E-state index contributed by atoms with van der Waals surface area (Å²) < 4.78 is 10.7. The van der Waals surface area contributed by atoms with Crippen molar-refractivity contribution in [2.75, 3.05) is 19.8 Å². The molecule has 0 aliphatic heterocycles. The molecule has 0 heterocycles. The van der Waals surface area contributed by atoms with E-state index in [-0.39, 0.29) is 19.1 Å². The Hall–Kier alpha value is -3.99. The predicted molar refractivity (Wildman–Crippen MR) is 136 cm³/mol. The lowest BCUT2D eigenvalue weighted by molar-refractivity contribution is -0.139. The topological polar surface area (TPSA) is 114 Å². The Morgan fingerprint density at radius 2 is 1.43 bits per heavy atom. The molecule has 1 saturated carbocycles. The van der Waals surface area contributed by atoms with Crippen LogP contribution in [0.15, 0.2) is 48.5 Å². The van der Waals surface area contributed by atoms with Crippen molar-refractivity contribution in [3.05, 3.63) is 59.7 Å². The Labute approximate surface area is 215 Å². The van der Waals surface area contributed by atoms with Crippen molar-refractivity contribution in [2.24, 2.45) is 17.8 Å². The average molecular weight is 503 g/mol. The smallest absolute Gasteiger partial charge is 0.407 e. The number of carboxylic acids is 1. The van der Waals surface area contributed by atoms with Crippen LogP contribution in [0.3, 0.4) is 0 Å². The van der Waals surface area contributed by atoms with Gasteiger partial charge in [0.15, 0.2) is 0 Å². The normalized spacial score (nSPS) is 21.9. The van der Waals surface area contributed by atoms with Gasteiger partial charge in [-0.15, -0.1) is 11.8 Å². The monoisotopic (exact) mass is 502 g/mol. The van der Waals surface area contributed by atoms with Gasteiger partial charge in [0, 0.05) is 18.8 Å². The minimum atomic E-state index is -1.35.